The van der Waals surface area contributed by atoms with Crippen molar-refractivity contribution in [2.45, 2.75) is 57.7 Å². The number of aryl methyl sites for hydroxylation is 1. The van der Waals surface area contributed by atoms with E-state index in [0.717, 1.165) is 57.4 Å². The van der Waals surface area contributed by atoms with Gasteiger partial charge in [-0.2, -0.15) is 0 Å². The van der Waals surface area contributed by atoms with Gasteiger partial charge in [0.2, 0.25) is 21.8 Å². The summed E-state index contributed by atoms with van der Waals surface area (Å²) in [5.41, 5.74) is 3.03. The summed E-state index contributed by atoms with van der Waals surface area (Å²) >= 11 is 3.50. The van der Waals surface area contributed by atoms with Gasteiger partial charge in [-0.15, -0.1) is 0 Å². The van der Waals surface area contributed by atoms with Crippen LogP contribution in [-0.4, -0.2) is 50.0 Å². The molecule has 0 heterocycles. The Hall–Kier alpha value is -3.17. The van der Waals surface area contributed by atoms with Crippen molar-refractivity contribution in [3.63, 3.8) is 0 Å². The molecule has 0 bridgehead atoms. The van der Waals surface area contributed by atoms with E-state index < -0.39 is 28.5 Å². The van der Waals surface area contributed by atoms with E-state index in [-0.39, 0.29) is 18.5 Å². The number of carbonyl (C=O) groups excluding carboxylic acids is 2. The van der Waals surface area contributed by atoms with Gasteiger partial charge in [0.15, 0.2) is 0 Å². The Morgan fingerprint density at radius 2 is 1.62 bits per heavy atom. The van der Waals surface area contributed by atoms with E-state index in [1.54, 1.807) is 18.2 Å². The Kier molecular flexibility index (Phi) is 10.0. The first kappa shape index (κ1) is 29.8. The average Bonchev–Trinajstić information content (AvgIpc) is 3.42. The van der Waals surface area contributed by atoms with E-state index >= 15 is 0 Å². The summed E-state index contributed by atoms with van der Waals surface area (Å²) < 4.78 is 27.8. The molecule has 1 saturated carbocycles. The van der Waals surface area contributed by atoms with Crippen LogP contribution in [0, 0.1) is 6.92 Å². The van der Waals surface area contributed by atoms with Crippen LogP contribution in [0.5, 0.6) is 0 Å². The SMILES string of the molecule is Cc1cccc(N(CC(=O)N(Cc2cccc(Br)c2)[C@H](Cc2ccccc2)C(=O)NC2CCCC2)S(C)(=O)=O)c1. The Bertz CT molecular complexity index is 1430. The highest BCUT2D eigenvalue weighted by Crippen LogP contribution is 2.23. The van der Waals surface area contributed by atoms with E-state index in [1.807, 2.05) is 67.6 Å². The fourth-order valence-electron chi connectivity index (χ4n) is 5.15. The van der Waals surface area contributed by atoms with E-state index in [1.165, 1.54) is 4.90 Å². The maximum Gasteiger partial charge on any atom is 0.244 e. The summed E-state index contributed by atoms with van der Waals surface area (Å²) in [5.74, 6) is -0.671. The number of amides is 2. The van der Waals surface area contributed by atoms with E-state index in [2.05, 4.69) is 21.2 Å². The molecular weight excluding hydrogens is 590 g/mol. The fourth-order valence-corrected chi connectivity index (χ4v) is 6.44. The molecule has 1 aliphatic rings. The Morgan fingerprint density at radius 3 is 2.27 bits per heavy atom. The van der Waals surface area contributed by atoms with Crippen LogP contribution >= 0.6 is 15.9 Å². The first-order valence-electron chi connectivity index (χ1n) is 13.5. The van der Waals surface area contributed by atoms with Gasteiger partial charge >= 0.3 is 0 Å². The molecule has 3 aromatic carbocycles. The summed E-state index contributed by atoms with van der Waals surface area (Å²) in [5, 5.41) is 3.18. The van der Waals surface area contributed by atoms with Crippen molar-refractivity contribution >= 4 is 43.5 Å². The number of carbonyl (C=O) groups is 2. The van der Waals surface area contributed by atoms with Gasteiger partial charge in [0.1, 0.15) is 12.6 Å². The number of rotatable bonds is 11. The van der Waals surface area contributed by atoms with Gasteiger partial charge in [0, 0.05) is 23.5 Å². The normalized spacial score (nSPS) is 14.5. The molecule has 40 heavy (non-hydrogen) atoms. The number of nitrogens with one attached hydrogen (secondary N) is 1. The monoisotopic (exact) mass is 625 g/mol. The number of nitrogens with zero attached hydrogens (tertiary/aromatic N) is 2. The van der Waals surface area contributed by atoms with Gasteiger partial charge < -0.3 is 10.2 Å². The summed E-state index contributed by atoms with van der Waals surface area (Å²) in [6.45, 7) is 1.60. The van der Waals surface area contributed by atoms with Gasteiger partial charge in [-0.1, -0.05) is 83.4 Å². The third-order valence-corrected chi connectivity index (χ3v) is 8.82. The summed E-state index contributed by atoms with van der Waals surface area (Å²) in [7, 11) is -3.79. The molecule has 3 aromatic rings. The molecule has 212 valence electrons. The second kappa shape index (κ2) is 13.5. The van der Waals surface area contributed by atoms with Crippen molar-refractivity contribution < 1.29 is 18.0 Å². The molecule has 0 saturated heterocycles. The minimum absolute atomic E-state index is 0.0772. The maximum absolute atomic E-state index is 14.1. The smallest absolute Gasteiger partial charge is 0.244 e. The van der Waals surface area contributed by atoms with Gasteiger partial charge in [-0.25, -0.2) is 8.42 Å². The summed E-state index contributed by atoms with van der Waals surface area (Å²) in [4.78, 5) is 29.5. The van der Waals surface area contributed by atoms with E-state index in [4.69, 9.17) is 0 Å². The standard InChI is InChI=1S/C31H36BrN3O4S/c1-23-10-8-17-28(18-23)35(40(2,38)39)22-30(36)34(21-25-13-9-14-26(32)19-25)29(20-24-11-4-3-5-12-24)31(37)33-27-15-6-7-16-27/h3-5,8-14,17-19,27,29H,6-7,15-16,20-22H2,1-2H3,(H,33,37)/t29-/m1/s1. The van der Waals surface area contributed by atoms with Crippen molar-refractivity contribution in [2.24, 2.45) is 0 Å². The molecule has 1 N–H and O–H groups in total. The molecule has 4 rings (SSSR count). The topological polar surface area (TPSA) is 86.8 Å². The molecular formula is C31H36BrN3O4S. The number of anilines is 1. The molecule has 1 atom stereocenters. The number of benzene rings is 3. The molecule has 0 unspecified atom stereocenters. The van der Waals surface area contributed by atoms with Crippen LogP contribution in [0.15, 0.2) is 83.3 Å². The third kappa shape index (κ3) is 8.17. The largest absolute Gasteiger partial charge is 0.352 e. The molecule has 0 aromatic heterocycles. The van der Waals surface area contributed by atoms with Crippen LogP contribution in [0.2, 0.25) is 0 Å². The predicted octanol–water partition coefficient (Wildman–Crippen LogP) is 5.22. The van der Waals surface area contributed by atoms with Crippen LogP contribution in [0.25, 0.3) is 0 Å². The second-order valence-corrected chi connectivity index (χ2v) is 13.3. The average molecular weight is 627 g/mol. The molecule has 2 amide bonds. The molecule has 0 radical (unpaired) electrons. The zero-order valence-electron chi connectivity index (χ0n) is 22.9. The Labute approximate surface area is 245 Å². The number of halogens is 1. The highest BCUT2D eigenvalue weighted by molar-refractivity contribution is 9.10. The minimum atomic E-state index is -3.79. The Balaban J connectivity index is 1.72. The minimum Gasteiger partial charge on any atom is -0.352 e. The lowest BCUT2D eigenvalue weighted by atomic mass is 10.0. The van der Waals surface area contributed by atoms with Crippen molar-refractivity contribution in [1.82, 2.24) is 10.2 Å². The second-order valence-electron chi connectivity index (χ2n) is 10.5. The summed E-state index contributed by atoms with van der Waals surface area (Å²) in [6.07, 6.45) is 5.36. The third-order valence-electron chi connectivity index (χ3n) is 7.18. The van der Waals surface area contributed by atoms with Crippen LogP contribution in [0.1, 0.15) is 42.4 Å². The lowest BCUT2D eigenvalue weighted by Gasteiger charge is -2.34. The van der Waals surface area contributed by atoms with Crippen LogP contribution in [0.3, 0.4) is 0 Å². The maximum atomic E-state index is 14.1. The first-order chi connectivity index (χ1) is 19.1. The number of hydrogen-bond acceptors (Lipinski definition) is 4. The quantitative estimate of drug-likeness (QED) is 0.316. The van der Waals surface area contributed by atoms with Crippen LogP contribution in [-0.2, 0) is 32.6 Å². The predicted molar refractivity (Wildman–Crippen MR) is 162 cm³/mol. The van der Waals surface area contributed by atoms with Crippen molar-refractivity contribution in [3.05, 3.63) is 100 Å². The van der Waals surface area contributed by atoms with Crippen LogP contribution in [0.4, 0.5) is 5.69 Å². The molecule has 1 fully saturated rings. The van der Waals surface area contributed by atoms with Crippen LogP contribution < -0.4 is 9.62 Å². The van der Waals surface area contributed by atoms with Gasteiger partial charge in [0.25, 0.3) is 0 Å². The van der Waals surface area contributed by atoms with E-state index in [9.17, 15) is 18.0 Å². The van der Waals surface area contributed by atoms with Gasteiger partial charge in [-0.3, -0.25) is 13.9 Å². The zero-order valence-corrected chi connectivity index (χ0v) is 25.3. The number of sulfonamides is 1. The zero-order chi connectivity index (χ0) is 28.7. The molecule has 1 aliphatic carbocycles. The molecule has 0 aliphatic heterocycles. The van der Waals surface area contributed by atoms with Gasteiger partial charge in [0.05, 0.1) is 11.9 Å². The highest BCUT2D eigenvalue weighted by Gasteiger charge is 2.34. The van der Waals surface area contributed by atoms with Crippen molar-refractivity contribution in [2.75, 3.05) is 17.1 Å². The number of hydrogen-bond donors (Lipinski definition) is 1. The lowest BCUT2D eigenvalue weighted by Crippen LogP contribution is -2.54. The lowest BCUT2D eigenvalue weighted by molar-refractivity contribution is -0.140. The molecule has 0 spiro atoms. The van der Waals surface area contributed by atoms with Gasteiger partial charge in [-0.05, 0) is 60.7 Å². The molecule has 9 heteroatoms. The molecule has 7 nitrogen and oxygen atoms in total. The fraction of sp³-hybridized carbons (Fsp3) is 0.355. The van der Waals surface area contributed by atoms with Crippen molar-refractivity contribution in [1.29, 1.82) is 0 Å². The van der Waals surface area contributed by atoms with E-state index in [0.29, 0.717) is 12.1 Å². The van der Waals surface area contributed by atoms with Crippen molar-refractivity contribution in [3.8, 4) is 0 Å². The highest BCUT2D eigenvalue weighted by atomic mass is 79.9. The summed E-state index contributed by atoms with van der Waals surface area (Å²) in [6, 6.07) is 23.5. The Morgan fingerprint density at radius 1 is 0.950 bits per heavy atom. The first-order valence-corrected chi connectivity index (χ1v) is 16.2.